The quantitative estimate of drug-likeness (QED) is 0.0446. The topological polar surface area (TPSA) is 356 Å². The molecule has 0 bridgehead atoms. The molecule has 0 fully saturated rings. The van der Waals surface area contributed by atoms with Gasteiger partial charge in [-0.3, -0.25) is 38.3 Å². The summed E-state index contributed by atoms with van der Waals surface area (Å²) in [6.07, 6.45) is 10.4. The molecule has 2 amide bonds. The molecule has 0 aliphatic carbocycles. The monoisotopic (exact) mass is 958 g/mol. The van der Waals surface area contributed by atoms with Crippen molar-refractivity contribution in [3.8, 4) is 0 Å². The Bertz CT molecular complexity index is 2890. The van der Waals surface area contributed by atoms with Crippen LogP contribution < -0.4 is 38.9 Å². The third kappa shape index (κ3) is 20.6. The number of hydrogen-bond acceptors (Lipinski definition) is 19. The van der Waals surface area contributed by atoms with Gasteiger partial charge in [-0.25, -0.2) is 48.7 Å². The van der Waals surface area contributed by atoms with Crippen LogP contribution >= 0.6 is 0 Å². The van der Waals surface area contributed by atoms with E-state index < -0.39 is 46.4 Å². The van der Waals surface area contributed by atoms with Crippen LogP contribution in [0.5, 0.6) is 0 Å². The van der Waals surface area contributed by atoms with Crippen LogP contribution in [0.1, 0.15) is 25.0 Å². The van der Waals surface area contributed by atoms with Crippen LogP contribution in [0, 0.1) is 6.92 Å². The maximum atomic E-state index is 11.3. The van der Waals surface area contributed by atoms with E-state index in [-0.39, 0.29) is 51.3 Å². The van der Waals surface area contributed by atoms with Crippen molar-refractivity contribution in [3.05, 3.63) is 147 Å². The molecule has 26 heteroatoms. The number of carbonyl (C=O) groups is 6. The Balaban J connectivity index is 0.000000318. The van der Waals surface area contributed by atoms with Crippen LogP contribution in [0.25, 0.3) is 11.2 Å². The molecule has 0 spiro atoms. The first-order valence-electron chi connectivity index (χ1n) is 20.1. The minimum Gasteiger partial charge on any atom is -0.462 e. The fraction of sp³-hybridized carbons (Fsp3) is 0.256. The number of nitrogens with two attached hydrogens (primary N) is 1. The van der Waals surface area contributed by atoms with Gasteiger partial charge in [0, 0.05) is 68.6 Å². The molecular weight excluding hydrogens is 909 g/mol. The lowest BCUT2D eigenvalue weighted by Gasteiger charge is -2.11. The first kappa shape index (κ1) is 55.8. The fourth-order valence-corrected chi connectivity index (χ4v) is 4.91. The normalized spacial score (nSPS) is 9.84. The summed E-state index contributed by atoms with van der Waals surface area (Å²) in [5, 5.41) is 5.11. The maximum Gasteiger partial charge on any atom is 0.330 e. The smallest absolute Gasteiger partial charge is 0.330 e. The Kier molecular flexibility index (Phi) is 23.6. The van der Waals surface area contributed by atoms with Gasteiger partial charge in [0.25, 0.3) is 11.1 Å². The number of amides is 2. The number of nitrogen functional groups attached to an aromatic ring is 1. The molecule has 0 atom stereocenters. The van der Waals surface area contributed by atoms with Gasteiger partial charge in [-0.1, -0.05) is 32.4 Å². The molecule has 0 aliphatic rings. The van der Waals surface area contributed by atoms with E-state index in [2.05, 4.69) is 71.6 Å². The van der Waals surface area contributed by atoms with Crippen molar-refractivity contribution < 1.29 is 47.7 Å². The molecule has 5 heterocycles. The first-order valence-corrected chi connectivity index (χ1v) is 20.1. The molecular formula is C43H50N12O14. The zero-order valence-corrected chi connectivity index (χ0v) is 37.8. The molecule has 5 rings (SSSR count). The number of imidazole rings is 1. The van der Waals surface area contributed by atoms with Crippen molar-refractivity contribution in [1.82, 2.24) is 43.6 Å². The highest BCUT2D eigenvalue weighted by Crippen LogP contribution is 2.18. The highest BCUT2D eigenvalue weighted by atomic mass is 16.5. The zero-order chi connectivity index (χ0) is 51.5. The largest absolute Gasteiger partial charge is 0.462 e. The predicted octanol–water partition coefficient (Wildman–Crippen LogP) is 0.248. The molecule has 0 radical (unpaired) electrons. The van der Waals surface area contributed by atoms with Gasteiger partial charge in [0.05, 0.1) is 32.6 Å². The number of nitrogens with zero attached hydrogens (tertiary/aromatic N) is 7. The average Bonchev–Trinajstić information content (AvgIpc) is 3.73. The summed E-state index contributed by atoms with van der Waals surface area (Å²) >= 11 is 0. The summed E-state index contributed by atoms with van der Waals surface area (Å²) in [5.41, 5.74) is 6.00. The number of pyridine rings is 1. The zero-order valence-electron chi connectivity index (χ0n) is 37.8. The third-order valence-corrected chi connectivity index (χ3v) is 8.10. The fourth-order valence-electron chi connectivity index (χ4n) is 4.91. The van der Waals surface area contributed by atoms with Crippen LogP contribution in [-0.4, -0.2) is 106 Å². The number of hydrogen-bond donors (Lipinski definition) is 5. The second kappa shape index (κ2) is 29.2. The third-order valence-electron chi connectivity index (χ3n) is 8.10. The van der Waals surface area contributed by atoms with Gasteiger partial charge in [0.2, 0.25) is 11.8 Å². The summed E-state index contributed by atoms with van der Waals surface area (Å²) in [4.78, 5) is 130. The molecule has 5 aromatic heterocycles. The van der Waals surface area contributed by atoms with Crippen molar-refractivity contribution in [2.45, 2.75) is 46.8 Å². The Hall–Kier alpha value is -9.36. The Labute approximate surface area is 391 Å². The number of fused-ring (bicyclic) bond motifs is 1. The van der Waals surface area contributed by atoms with Gasteiger partial charge >= 0.3 is 35.3 Å². The van der Waals surface area contributed by atoms with Crippen molar-refractivity contribution in [1.29, 1.82) is 0 Å². The van der Waals surface area contributed by atoms with Crippen LogP contribution in [0.4, 0.5) is 17.5 Å². The minimum atomic E-state index is -0.549. The van der Waals surface area contributed by atoms with Gasteiger partial charge in [0.15, 0.2) is 11.5 Å². The molecule has 0 aliphatic heterocycles. The lowest BCUT2D eigenvalue weighted by Crippen LogP contribution is -2.32. The van der Waals surface area contributed by atoms with Crippen LogP contribution in [0.2, 0.25) is 0 Å². The standard InChI is InChI=1S/C14H17N3O4.C10H11N5O2.C10H12N2O4.C9H10N2O4/c1-4-13(20)21-8-7-11-5-6-12(15-9(2)18)17-14(11)16-10(3)19;1-2-7(16)17-4-3-15-6-14-8-9(11)12-5-13-10(8)15;1-3-8(13)16-5-4-12-6-7(2)9(14)11-10(12)15;1-2-8(13)15-6-5-11-4-3-7(12)10-9(11)14/h4-6H,1,7-8H2,2-3H3,(H2,15,16,17,18,19);2,5-6H,1,3-4H2,(H2,11,12,13);3,6H,1,4-5H2,2H3,(H,11,14,15);2-4H,1,5-6H2,(H,10,12,14). The number of carbonyl (C=O) groups excluding carboxylic acids is 6. The summed E-state index contributed by atoms with van der Waals surface area (Å²) in [6.45, 7) is 18.7. The molecule has 69 heavy (non-hydrogen) atoms. The van der Waals surface area contributed by atoms with E-state index in [1.54, 1.807) is 30.0 Å². The number of aromatic nitrogens is 9. The Morgan fingerprint density at radius 3 is 1.74 bits per heavy atom. The minimum absolute atomic E-state index is 0.0518. The lowest BCUT2D eigenvalue weighted by molar-refractivity contribution is -0.138. The number of anilines is 3. The van der Waals surface area contributed by atoms with E-state index in [0.717, 1.165) is 24.3 Å². The van der Waals surface area contributed by atoms with Gasteiger partial charge in [-0.05, 0) is 18.6 Å². The maximum absolute atomic E-state index is 11.3. The number of esters is 4. The molecule has 26 nitrogen and oxygen atoms in total. The molecule has 6 N–H and O–H groups in total. The summed E-state index contributed by atoms with van der Waals surface area (Å²) in [7, 11) is 0. The summed E-state index contributed by atoms with van der Waals surface area (Å²) in [6, 6.07) is 4.53. The molecule has 5 aromatic rings. The van der Waals surface area contributed by atoms with E-state index in [4.69, 9.17) is 19.9 Å². The van der Waals surface area contributed by atoms with Crippen molar-refractivity contribution in [2.75, 3.05) is 42.8 Å². The number of ether oxygens (including phenoxy) is 4. The van der Waals surface area contributed by atoms with E-state index in [1.807, 2.05) is 0 Å². The summed E-state index contributed by atoms with van der Waals surface area (Å²) < 4.78 is 23.4. The van der Waals surface area contributed by atoms with E-state index in [9.17, 15) is 47.9 Å². The number of rotatable bonds is 18. The van der Waals surface area contributed by atoms with E-state index in [0.29, 0.717) is 52.7 Å². The number of nitrogens with one attached hydrogen (secondary N) is 4. The average molecular weight is 959 g/mol. The number of aromatic amines is 2. The van der Waals surface area contributed by atoms with Gasteiger partial charge in [0.1, 0.15) is 43.3 Å². The van der Waals surface area contributed by atoms with Gasteiger partial charge in [-0.2, -0.15) is 0 Å². The molecule has 0 aromatic carbocycles. The Morgan fingerprint density at radius 2 is 1.20 bits per heavy atom. The molecule has 0 saturated carbocycles. The van der Waals surface area contributed by atoms with Crippen LogP contribution in [-0.2, 0) is 73.8 Å². The second-order valence-electron chi connectivity index (χ2n) is 13.2. The SMILES string of the molecule is C=CC(=O)OCCc1ccc(NC(C)=O)nc1NC(C)=O.C=CC(=O)OCCn1cc(C)c(=O)[nH]c1=O.C=CC(=O)OCCn1ccc(=O)[nH]c1=O.C=CC(=O)OCCn1cnc2c(N)ncnc21. The van der Waals surface area contributed by atoms with Gasteiger partial charge in [-0.15, -0.1) is 0 Å². The van der Waals surface area contributed by atoms with Crippen LogP contribution in [0.15, 0.2) is 113 Å². The van der Waals surface area contributed by atoms with E-state index >= 15 is 0 Å². The number of H-pyrrole nitrogens is 2. The van der Waals surface area contributed by atoms with Gasteiger partial charge < -0.3 is 39.9 Å². The Morgan fingerprint density at radius 1 is 0.681 bits per heavy atom. The molecule has 0 saturated heterocycles. The second-order valence-corrected chi connectivity index (χ2v) is 13.2. The summed E-state index contributed by atoms with van der Waals surface area (Å²) in [5.74, 6) is -1.63. The van der Waals surface area contributed by atoms with Crippen LogP contribution in [0.3, 0.4) is 0 Å². The van der Waals surface area contributed by atoms with E-state index in [1.165, 1.54) is 47.8 Å². The van der Waals surface area contributed by atoms with Crippen molar-refractivity contribution >= 4 is 64.3 Å². The lowest BCUT2D eigenvalue weighted by atomic mass is 10.2. The highest BCUT2D eigenvalue weighted by Gasteiger charge is 2.11. The predicted molar refractivity (Wildman–Crippen MR) is 248 cm³/mol. The molecule has 366 valence electrons. The molecule has 0 unspecified atom stereocenters. The highest BCUT2D eigenvalue weighted by molar-refractivity contribution is 5.90. The van der Waals surface area contributed by atoms with Crippen molar-refractivity contribution in [2.24, 2.45) is 0 Å². The van der Waals surface area contributed by atoms with Crippen molar-refractivity contribution in [3.63, 3.8) is 0 Å². The first-order chi connectivity index (χ1) is 32.8. The number of aryl methyl sites for hydroxylation is 1.